The van der Waals surface area contributed by atoms with Gasteiger partial charge < -0.3 is 5.73 Å². The van der Waals surface area contributed by atoms with Gasteiger partial charge in [0, 0.05) is 37.4 Å². The molecule has 1 fully saturated rings. The molecule has 2 N–H and O–H groups in total. The molecule has 112 valence electrons. The second kappa shape index (κ2) is 5.58. The van der Waals surface area contributed by atoms with Crippen LogP contribution in [0.2, 0.25) is 0 Å². The van der Waals surface area contributed by atoms with E-state index >= 15 is 0 Å². The fourth-order valence-corrected chi connectivity index (χ4v) is 3.09. The number of likely N-dealkylation sites (tertiary alicyclic amines) is 1. The Morgan fingerprint density at radius 1 is 1.48 bits per heavy atom. The van der Waals surface area contributed by atoms with Crippen LogP contribution in [0.3, 0.4) is 0 Å². The van der Waals surface area contributed by atoms with Crippen LogP contribution in [0.25, 0.3) is 5.65 Å². The first-order valence-corrected chi connectivity index (χ1v) is 7.52. The summed E-state index contributed by atoms with van der Waals surface area (Å²) in [7, 11) is 0. The minimum absolute atomic E-state index is 0.0138. The van der Waals surface area contributed by atoms with Crippen molar-refractivity contribution in [1.82, 2.24) is 14.3 Å². The molecule has 0 spiro atoms. The Morgan fingerprint density at radius 2 is 2.29 bits per heavy atom. The van der Waals surface area contributed by atoms with E-state index in [2.05, 4.69) is 16.8 Å². The number of pyridine rings is 1. The molecule has 5 heteroatoms. The third-order valence-electron chi connectivity index (χ3n) is 4.36. The number of nitrogens with zero attached hydrogens (tertiary/aromatic N) is 3. The van der Waals surface area contributed by atoms with E-state index < -0.39 is 0 Å². The number of fused-ring (bicyclic) bond motifs is 1. The third kappa shape index (κ3) is 2.84. The summed E-state index contributed by atoms with van der Waals surface area (Å²) in [4.78, 5) is 19.2. The van der Waals surface area contributed by atoms with Crippen LogP contribution >= 0.6 is 0 Å². The van der Waals surface area contributed by atoms with E-state index in [9.17, 15) is 4.79 Å². The van der Waals surface area contributed by atoms with Crippen molar-refractivity contribution in [3.05, 3.63) is 46.0 Å². The number of piperidine rings is 1. The highest BCUT2D eigenvalue weighted by Gasteiger charge is 2.23. The first-order chi connectivity index (χ1) is 10.0. The highest BCUT2D eigenvalue weighted by molar-refractivity contribution is 5.46. The zero-order chi connectivity index (χ0) is 15.0. The van der Waals surface area contributed by atoms with E-state index in [1.54, 1.807) is 16.7 Å². The van der Waals surface area contributed by atoms with Crippen molar-refractivity contribution in [2.75, 3.05) is 6.54 Å². The number of rotatable bonds is 2. The molecule has 5 nitrogen and oxygen atoms in total. The van der Waals surface area contributed by atoms with Gasteiger partial charge in [0.05, 0.1) is 5.69 Å². The van der Waals surface area contributed by atoms with Crippen molar-refractivity contribution < 1.29 is 0 Å². The lowest BCUT2D eigenvalue weighted by Crippen LogP contribution is -2.45. The lowest BCUT2D eigenvalue weighted by atomic mass is 9.99. The molecule has 2 atom stereocenters. The van der Waals surface area contributed by atoms with Gasteiger partial charge in [0.2, 0.25) is 0 Å². The van der Waals surface area contributed by atoms with Crippen molar-refractivity contribution in [2.24, 2.45) is 5.73 Å². The van der Waals surface area contributed by atoms with Crippen LogP contribution in [-0.2, 0) is 6.54 Å². The molecule has 2 aromatic heterocycles. The molecule has 2 unspecified atom stereocenters. The maximum absolute atomic E-state index is 12.2. The molecule has 3 rings (SSSR count). The standard InChI is InChI=1S/C16H22N4O/c1-11-4-3-6-20-15(21)9-14(18-16(11)20)10-19-7-5-13(17)8-12(19)2/h3-4,6,9,12-13H,5,7-8,10,17H2,1-2H3. The highest BCUT2D eigenvalue weighted by atomic mass is 16.1. The quantitative estimate of drug-likeness (QED) is 0.904. The van der Waals surface area contributed by atoms with Gasteiger partial charge in [0.1, 0.15) is 5.65 Å². The van der Waals surface area contributed by atoms with Crippen LogP contribution in [0.1, 0.15) is 31.0 Å². The van der Waals surface area contributed by atoms with Gasteiger partial charge >= 0.3 is 0 Å². The third-order valence-corrected chi connectivity index (χ3v) is 4.36. The largest absolute Gasteiger partial charge is 0.328 e. The number of nitrogens with two attached hydrogens (primary N) is 1. The summed E-state index contributed by atoms with van der Waals surface area (Å²) >= 11 is 0. The van der Waals surface area contributed by atoms with Crippen molar-refractivity contribution in [3.8, 4) is 0 Å². The molecule has 0 aromatic carbocycles. The predicted molar refractivity (Wildman–Crippen MR) is 83.3 cm³/mol. The molecule has 0 saturated carbocycles. The van der Waals surface area contributed by atoms with Crippen molar-refractivity contribution >= 4 is 5.65 Å². The van der Waals surface area contributed by atoms with E-state index in [1.165, 1.54) is 0 Å². The van der Waals surface area contributed by atoms with Crippen molar-refractivity contribution in [1.29, 1.82) is 0 Å². The Kier molecular flexibility index (Phi) is 3.78. The molecule has 21 heavy (non-hydrogen) atoms. The number of hydrogen-bond acceptors (Lipinski definition) is 4. The molecule has 1 saturated heterocycles. The second-order valence-corrected chi connectivity index (χ2v) is 6.07. The van der Waals surface area contributed by atoms with Gasteiger partial charge in [0.15, 0.2) is 0 Å². The SMILES string of the molecule is Cc1cccn2c(=O)cc(CN3CCC(N)CC3C)nc12. The lowest BCUT2D eigenvalue weighted by molar-refractivity contribution is 0.138. The lowest BCUT2D eigenvalue weighted by Gasteiger charge is -2.36. The zero-order valence-corrected chi connectivity index (χ0v) is 12.6. The monoisotopic (exact) mass is 286 g/mol. The molecule has 0 radical (unpaired) electrons. The predicted octanol–water partition coefficient (Wildman–Crippen LogP) is 1.31. The van der Waals surface area contributed by atoms with E-state index in [1.807, 2.05) is 19.1 Å². The topological polar surface area (TPSA) is 63.6 Å². The summed E-state index contributed by atoms with van der Waals surface area (Å²) in [5.41, 5.74) is 8.60. The van der Waals surface area contributed by atoms with Crippen molar-refractivity contribution in [2.45, 2.75) is 45.3 Å². The van der Waals surface area contributed by atoms with Crippen molar-refractivity contribution in [3.63, 3.8) is 0 Å². The van der Waals surface area contributed by atoms with Gasteiger partial charge in [-0.1, -0.05) is 6.07 Å². The van der Waals surface area contributed by atoms with Crippen LogP contribution in [0.15, 0.2) is 29.2 Å². The van der Waals surface area contributed by atoms with Crippen LogP contribution in [0.4, 0.5) is 0 Å². The molecule has 2 aromatic rings. The second-order valence-electron chi connectivity index (χ2n) is 6.07. The van der Waals surface area contributed by atoms with Gasteiger partial charge in [-0.2, -0.15) is 0 Å². The molecule has 0 aliphatic carbocycles. The molecule has 3 heterocycles. The van der Waals surface area contributed by atoms with Crippen LogP contribution in [0.5, 0.6) is 0 Å². The Balaban J connectivity index is 1.91. The van der Waals surface area contributed by atoms with Gasteiger partial charge in [-0.25, -0.2) is 4.98 Å². The smallest absolute Gasteiger partial charge is 0.258 e. The summed E-state index contributed by atoms with van der Waals surface area (Å²) in [6.45, 7) is 5.86. The Labute approximate surface area is 124 Å². The van der Waals surface area contributed by atoms with E-state index in [4.69, 9.17) is 5.73 Å². The van der Waals surface area contributed by atoms with Crippen LogP contribution in [0, 0.1) is 6.92 Å². The van der Waals surface area contributed by atoms with E-state index in [0.717, 1.165) is 36.3 Å². The molecular formula is C16H22N4O. The Bertz CT molecular complexity index is 709. The minimum atomic E-state index is -0.0138. The maximum Gasteiger partial charge on any atom is 0.258 e. The van der Waals surface area contributed by atoms with Gasteiger partial charge in [-0.15, -0.1) is 0 Å². The normalized spacial score (nSPS) is 23.6. The Hall–Kier alpha value is -1.72. The maximum atomic E-state index is 12.2. The summed E-state index contributed by atoms with van der Waals surface area (Å²) in [6, 6.07) is 6.24. The summed E-state index contributed by atoms with van der Waals surface area (Å²) in [5.74, 6) is 0. The zero-order valence-electron chi connectivity index (χ0n) is 12.6. The van der Waals surface area contributed by atoms with E-state index in [0.29, 0.717) is 18.6 Å². The van der Waals surface area contributed by atoms with Crippen LogP contribution in [-0.4, -0.2) is 32.9 Å². The van der Waals surface area contributed by atoms with Gasteiger partial charge in [0.25, 0.3) is 5.56 Å². The number of aryl methyl sites for hydroxylation is 1. The average Bonchev–Trinajstić information content (AvgIpc) is 2.43. The first-order valence-electron chi connectivity index (χ1n) is 7.52. The molecule has 1 aliphatic heterocycles. The highest BCUT2D eigenvalue weighted by Crippen LogP contribution is 2.18. The summed E-state index contributed by atoms with van der Waals surface area (Å²) in [5, 5.41) is 0. The molecular weight excluding hydrogens is 264 g/mol. The fourth-order valence-electron chi connectivity index (χ4n) is 3.09. The molecule has 0 bridgehead atoms. The van der Waals surface area contributed by atoms with Gasteiger partial charge in [-0.05, 0) is 38.3 Å². The molecule has 0 amide bonds. The minimum Gasteiger partial charge on any atom is -0.328 e. The summed E-state index contributed by atoms with van der Waals surface area (Å²) < 4.78 is 1.61. The fraction of sp³-hybridized carbons (Fsp3) is 0.500. The molecule has 1 aliphatic rings. The first kappa shape index (κ1) is 14.2. The number of aromatic nitrogens is 2. The number of hydrogen-bond donors (Lipinski definition) is 1. The Morgan fingerprint density at radius 3 is 3.05 bits per heavy atom. The average molecular weight is 286 g/mol. The van der Waals surface area contributed by atoms with Gasteiger partial charge in [-0.3, -0.25) is 14.1 Å². The van der Waals surface area contributed by atoms with Crippen LogP contribution < -0.4 is 11.3 Å². The summed E-state index contributed by atoms with van der Waals surface area (Å²) in [6.07, 6.45) is 3.78. The van der Waals surface area contributed by atoms with E-state index in [-0.39, 0.29) is 5.56 Å².